The molecule has 1 aliphatic heterocycles. The van der Waals surface area contributed by atoms with Gasteiger partial charge in [-0.05, 0) is 25.8 Å². The minimum Gasteiger partial charge on any atom is -0.460 e. The molecular formula is C21H23NO5. The second kappa shape index (κ2) is 6.83. The highest BCUT2D eigenvalue weighted by Gasteiger charge is 2.51. The first-order valence-corrected chi connectivity index (χ1v) is 9.58. The molecule has 2 fully saturated rings. The summed E-state index contributed by atoms with van der Waals surface area (Å²) >= 11 is 0. The van der Waals surface area contributed by atoms with Gasteiger partial charge < -0.3 is 9.15 Å². The summed E-state index contributed by atoms with van der Waals surface area (Å²) in [6.45, 7) is 1.99. The van der Waals surface area contributed by atoms with Crippen LogP contribution in [0.3, 0.4) is 0 Å². The van der Waals surface area contributed by atoms with Gasteiger partial charge in [-0.15, -0.1) is 0 Å². The van der Waals surface area contributed by atoms with Crippen molar-refractivity contribution in [3.8, 4) is 0 Å². The molecule has 1 spiro atoms. The SMILES string of the molecule is CCOC(=O)c1oc2ccccc2c1CN1C(=O)CC2(CCCCC2)C1=O. The van der Waals surface area contributed by atoms with Crippen LogP contribution in [0.5, 0.6) is 0 Å². The number of para-hydroxylation sites is 1. The standard InChI is InChI=1S/C21H23NO5/c1-2-26-19(24)18-15(14-8-4-5-9-16(14)27-18)13-22-17(23)12-21(20(22)25)10-6-3-7-11-21/h4-5,8-9H,2-3,6-7,10-13H2,1H3. The van der Waals surface area contributed by atoms with Crippen LogP contribution in [0.15, 0.2) is 28.7 Å². The van der Waals surface area contributed by atoms with E-state index in [-0.39, 0.29) is 37.1 Å². The fourth-order valence-corrected chi connectivity index (χ4v) is 4.41. The van der Waals surface area contributed by atoms with Gasteiger partial charge in [0.1, 0.15) is 5.58 Å². The summed E-state index contributed by atoms with van der Waals surface area (Å²) < 4.78 is 10.8. The number of carbonyl (C=O) groups excluding carboxylic acids is 3. The predicted octanol–water partition coefficient (Wildman–Crippen LogP) is 3.82. The maximum absolute atomic E-state index is 13.1. The third kappa shape index (κ3) is 2.93. The van der Waals surface area contributed by atoms with Crippen molar-refractivity contribution >= 4 is 28.8 Å². The van der Waals surface area contributed by atoms with Gasteiger partial charge in [0.05, 0.1) is 18.6 Å². The van der Waals surface area contributed by atoms with Gasteiger partial charge in [0.25, 0.3) is 0 Å². The van der Waals surface area contributed by atoms with Crippen molar-refractivity contribution in [2.24, 2.45) is 5.41 Å². The van der Waals surface area contributed by atoms with E-state index in [0.29, 0.717) is 11.1 Å². The minimum absolute atomic E-state index is 0.0462. The van der Waals surface area contributed by atoms with Crippen LogP contribution in [0.25, 0.3) is 11.0 Å². The van der Waals surface area contributed by atoms with E-state index in [2.05, 4.69) is 0 Å². The number of ether oxygens (including phenoxy) is 1. The predicted molar refractivity (Wildman–Crippen MR) is 97.9 cm³/mol. The highest BCUT2D eigenvalue weighted by molar-refractivity contribution is 6.06. The van der Waals surface area contributed by atoms with Crippen molar-refractivity contribution in [3.63, 3.8) is 0 Å². The molecule has 2 heterocycles. The van der Waals surface area contributed by atoms with Crippen LogP contribution in [-0.2, 0) is 20.9 Å². The number of furan rings is 1. The topological polar surface area (TPSA) is 76.8 Å². The summed E-state index contributed by atoms with van der Waals surface area (Å²) in [6, 6.07) is 7.25. The maximum Gasteiger partial charge on any atom is 0.374 e. The van der Waals surface area contributed by atoms with Gasteiger partial charge in [0.15, 0.2) is 0 Å². The Bertz CT molecular complexity index is 906. The third-order valence-corrected chi connectivity index (χ3v) is 5.78. The number of rotatable bonds is 4. The van der Waals surface area contributed by atoms with Crippen molar-refractivity contribution in [3.05, 3.63) is 35.6 Å². The highest BCUT2D eigenvalue weighted by atomic mass is 16.5. The first-order valence-electron chi connectivity index (χ1n) is 9.58. The molecule has 142 valence electrons. The summed E-state index contributed by atoms with van der Waals surface area (Å²) in [5.41, 5.74) is 0.541. The Morgan fingerprint density at radius 2 is 1.93 bits per heavy atom. The zero-order valence-corrected chi connectivity index (χ0v) is 15.5. The quantitative estimate of drug-likeness (QED) is 0.605. The van der Waals surface area contributed by atoms with E-state index in [0.717, 1.165) is 37.5 Å². The number of fused-ring (bicyclic) bond motifs is 1. The number of benzene rings is 1. The van der Waals surface area contributed by atoms with Gasteiger partial charge in [0, 0.05) is 17.4 Å². The largest absolute Gasteiger partial charge is 0.460 e. The molecule has 1 saturated heterocycles. The third-order valence-electron chi connectivity index (χ3n) is 5.78. The van der Waals surface area contributed by atoms with Crippen molar-refractivity contribution in [1.29, 1.82) is 0 Å². The molecule has 6 nitrogen and oxygen atoms in total. The van der Waals surface area contributed by atoms with Crippen LogP contribution in [-0.4, -0.2) is 29.3 Å². The Morgan fingerprint density at radius 1 is 1.19 bits per heavy atom. The monoisotopic (exact) mass is 369 g/mol. The van der Waals surface area contributed by atoms with E-state index in [4.69, 9.17) is 9.15 Å². The fourth-order valence-electron chi connectivity index (χ4n) is 4.41. The average Bonchev–Trinajstić information content (AvgIpc) is 3.14. The second-order valence-electron chi connectivity index (χ2n) is 7.43. The Kier molecular flexibility index (Phi) is 4.50. The van der Waals surface area contributed by atoms with Crippen molar-refractivity contribution in [1.82, 2.24) is 4.90 Å². The first kappa shape index (κ1) is 17.8. The Balaban J connectivity index is 1.70. The summed E-state index contributed by atoms with van der Waals surface area (Å²) in [6.07, 6.45) is 4.89. The summed E-state index contributed by atoms with van der Waals surface area (Å²) in [5.74, 6) is -0.771. The molecule has 0 unspecified atom stereocenters. The van der Waals surface area contributed by atoms with E-state index >= 15 is 0 Å². The number of hydrogen-bond acceptors (Lipinski definition) is 5. The van der Waals surface area contributed by atoms with E-state index in [9.17, 15) is 14.4 Å². The van der Waals surface area contributed by atoms with E-state index < -0.39 is 11.4 Å². The van der Waals surface area contributed by atoms with E-state index in [1.807, 2.05) is 18.2 Å². The second-order valence-corrected chi connectivity index (χ2v) is 7.43. The number of imide groups is 1. The van der Waals surface area contributed by atoms with E-state index in [1.54, 1.807) is 13.0 Å². The zero-order valence-electron chi connectivity index (χ0n) is 15.5. The molecule has 27 heavy (non-hydrogen) atoms. The maximum atomic E-state index is 13.1. The highest BCUT2D eigenvalue weighted by Crippen LogP contribution is 2.46. The van der Waals surface area contributed by atoms with Crippen molar-refractivity contribution in [2.45, 2.75) is 52.0 Å². The lowest BCUT2D eigenvalue weighted by Crippen LogP contribution is -2.36. The van der Waals surface area contributed by atoms with E-state index in [1.165, 1.54) is 4.90 Å². The van der Waals surface area contributed by atoms with Crippen LogP contribution >= 0.6 is 0 Å². The average molecular weight is 369 g/mol. The van der Waals surface area contributed by atoms with Crippen LogP contribution in [0.1, 0.15) is 61.6 Å². The van der Waals surface area contributed by atoms with Crippen molar-refractivity contribution in [2.75, 3.05) is 6.61 Å². The summed E-state index contributed by atoms with van der Waals surface area (Å²) in [4.78, 5) is 39.5. The molecule has 4 rings (SSSR count). The summed E-state index contributed by atoms with van der Waals surface area (Å²) in [5, 5.41) is 0.728. The molecule has 1 aromatic carbocycles. The van der Waals surface area contributed by atoms with Gasteiger partial charge in [-0.3, -0.25) is 14.5 Å². The normalized spacial score (nSPS) is 19.2. The molecular weight excluding hydrogens is 346 g/mol. The van der Waals surface area contributed by atoms with Crippen LogP contribution in [0, 0.1) is 5.41 Å². The molecule has 0 atom stereocenters. The molecule has 1 saturated carbocycles. The van der Waals surface area contributed by atoms with Gasteiger partial charge in [-0.25, -0.2) is 4.79 Å². The van der Waals surface area contributed by atoms with Crippen molar-refractivity contribution < 1.29 is 23.5 Å². The minimum atomic E-state index is -0.574. The number of likely N-dealkylation sites (tertiary alicyclic amines) is 1. The van der Waals surface area contributed by atoms with Crippen LogP contribution < -0.4 is 0 Å². The molecule has 0 N–H and O–H groups in total. The molecule has 0 radical (unpaired) electrons. The van der Waals surface area contributed by atoms with Gasteiger partial charge >= 0.3 is 5.97 Å². The molecule has 6 heteroatoms. The zero-order chi connectivity index (χ0) is 19.0. The lowest BCUT2D eigenvalue weighted by atomic mass is 9.73. The Hall–Kier alpha value is -2.63. The number of esters is 1. The molecule has 2 aromatic rings. The Labute approximate surface area is 157 Å². The van der Waals surface area contributed by atoms with Gasteiger partial charge in [-0.2, -0.15) is 0 Å². The lowest BCUT2D eigenvalue weighted by Gasteiger charge is -2.30. The fraction of sp³-hybridized carbons (Fsp3) is 0.476. The summed E-state index contributed by atoms with van der Waals surface area (Å²) in [7, 11) is 0. The van der Waals surface area contributed by atoms with Crippen LogP contribution in [0.4, 0.5) is 0 Å². The van der Waals surface area contributed by atoms with Crippen LogP contribution in [0.2, 0.25) is 0 Å². The van der Waals surface area contributed by atoms with Gasteiger partial charge in [0.2, 0.25) is 17.6 Å². The molecule has 2 amide bonds. The number of nitrogens with zero attached hydrogens (tertiary/aromatic N) is 1. The number of carbonyl (C=O) groups is 3. The number of amides is 2. The first-order chi connectivity index (χ1) is 13.1. The molecule has 0 bridgehead atoms. The molecule has 1 aromatic heterocycles. The molecule has 1 aliphatic carbocycles. The van der Waals surface area contributed by atoms with Gasteiger partial charge in [-0.1, -0.05) is 37.5 Å². The Morgan fingerprint density at radius 3 is 2.67 bits per heavy atom. The lowest BCUT2D eigenvalue weighted by molar-refractivity contribution is -0.142. The number of hydrogen-bond donors (Lipinski definition) is 0. The molecule has 2 aliphatic rings. The smallest absolute Gasteiger partial charge is 0.374 e.